The minimum atomic E-state index is -1.15. The molecule has 0 atom stereocenters. The Hall–Kier alpha value is -2.34. The van der Waals surface area contributed by atoms with Crippen LogP contribution >= 0.6 is 11.6 Å². The van der Waals surface area contributed by atoms with Gasteiger partial charge in [-0.05, 0) is 24.6 Å². The summed E-state index contributed by atoms with van der Waals surface area (Å²) in [6, 6.07) is 6.21. The first kappa shape index (κ1) is 13.1. The van der Waals surface area contributed by atoms with E-state index in [-0.39, 0.29) is 11.5 Å². The minimum absolute atomic E-state index is 0.0990. The van der Waals surface area contributed by atoms with Crippen molar-refractivity contribution in [2.45, 2.75) is 6.92 Å². The molecular weight excluding hydrogens is 270 g/mol. The van der Waals surface area contributed by atoms with E-state index in [0.29, 0.717) is 16.1 Å². The predicted molar refractivity (Wildman–Crippen MR) is 69.7 cm³/mol. The summed E-state index contributed by atoms with van der Waals surface area (Å²) in [6.45, 7) is 1.73. The maximum absolute atomic E-state index is 12.0. The number of nitrogens with zero attached hydrogens (tertiary/aromatic N) is 1. The van der Waals surface area contributed by atoms with E-state index in [1.165, 1.54) is 6.07 Å². The Balaban J connectivity index is 2.21. The molecule has 0 saturated carbocycles. The Bertz CT molecular complexity index is 651. The van der Waals surface area contributed by atoms with Gasteiger partial charge >= 0.3 is 5.97 Å². The normalized spacial score (nSPS) is 10.2. The van der Waals surface area contributed by atoms with Crippen LogP contribution in [0.5, 0.6) is 0 Å². The molecule has 0 aliphatic carbocycles. The fourth-order valence-corrected chi connectivity index (χ4v) is 1.71. The van der Waals surface area contributed by atoms with Crippen molar-refractivity contribution in [3.8, 4) is 0 Å². The third kappa shape index (κ3) is 2.74. The van der Waals surface area contributed by atoms with Crippen molar-refractivity contribution in [3.63, 3.8) is 0 Å². The number of anilines is 1. The van der Waals surface area contributed by atoms with E-state index in [4.69, 9.17) is 16.7 Å². The zero-order valence-corrected chi connectivity index (χ0v) is 10.7. The summed E-state index contributed by atoms with van der Waals surface area (Å²) >= 11 is 5.93. The molecule has 0 radical (unpaired) electrons. The Morgan fingerprint density at radius 2 is 2.16 bits per heavy atom. The fourth-order valence-electron chi connectivity index (χ4n) is 1.53. The van der Waals surface area contributed by atoms with Gasteiger partial charge in [-0.1, -0.05) is 17.7 Å². The Labute approximate surface area is 113 Å². The molecule has 0 unspecified atom stereocenters. The highest BCUT2D eigenvalue weighted by Crippen LogP contribution is 2.19. The molecule has 0 bridgehead atoms. The quantitative estimate of drug-likeness (QED) is 0.803. The van der Waals surface area contributed by atoms with Crippen LogP contribution in [-0.2, 0) is 0 Å². The van der Waals surface area contributed by atoms with Crippen molar-refractivity contribution < 1.29 is 14.7 Å². The van der Waals surface area contributed by atoms with Gasteiger partial charge in [-0.25, -0.2) is 4.79 Å². The number of hydrogen-bond donors (Lipinski definition) is 3. The highest BCUT2D eigenvalue weighted by molar-refractivity contribution is 6.32. The van der Waals surface area contributed by atoms with Crippen molar-refractivity contribution in [2.24, 2.45) is 0 Å². The number of nitrogens with one attached hydrogen (secondary N) is 2. The second-order valence-corrected chi connectivity index (χ2v) is 4.25. The second-order valence-electron chi connectivity index (χ2n) is 3.84. The molecule has 2 aromatic rings. The van der Waals surface area contributed by atoms with Gasteiger partial charge in [-0.15, -0.1) is 0 Å². The molecule has 0 saturated heterocycles. The van der Waals surface area contributed by atoms with E-state index in [9.17, 15) is 9.59 Å². The van der Waals surface area contributed by atoms with E-state index < -0.39 is 11.9 Å². The maximum atomic E-state index is 12.0. The number of H-pyrrole nitrogens is 1. The first-order valence-electron chi connectivity index (χ1n) is 5.34. The van der Waals surface area contributed by atoms with Crippen molar-refractivity contribution in [3.05, 3.63) is 46.1 Å². The van der Waals surface area contributed by atoms with Gasteiger partial charge in [0.2, 0.25) is 0 Å². The average Bonchev–Trinajstić information content (AvgIpc) is 2.81. The van der Waals surface area contributed by atoms with Gasteiger partial charge in [0.1, 0.15) is 5.69 Å². The maximum Gasteiger partial charge on any atom is 0.353 e. The molecule has 1 aromatic heterocycles. The number of aromatic amines is 1. The molecule has 2 rings (SSSR count). The van der Waals surface area contributed by atoms with Crippen LogP contribution in [0.3, 0.4) is 0 Å². The number of halogens is 1. The summed E-state index contributed by atoms with van der Waals surface area (Å²) in [5.41, 5.74) is 0.959. The van der Waals surface area contributed by atoms with Crippen LogP contribution < -0.4 is 5.32 Å². The molecule has 1 amide bonds. The monoisotopic (exact) mass is 279 g/mol. The molecule has 1 aromatic carbocycles. The summed E-state index contributed by atoms with van der Waals surface area (Å²) in [5, 5.41) is 17.7. The molecule has 7 heteroatoms. The van der Waals surface area contributed by atoms with E-state index in [1.54, 1.807) is 25.1 Å². The number of carboxylic acid groups (broad SMARTS) is 1. The highest BCUT2D eigenvalue weighted by Gasteiger charge is 2.14. The zero-order chi connectivity index (χ0) is 14.0. The van der Waals surface area contributed by atoms with Gasteiger partial charge in [0.15, 0.2) is 5.82 Å². The van der Waals surface area contributed by atoms with Crippen molar-refractivity contribution >= 4 is 29.3 Å². The lowest BCUT2D eigenvalue weighted by atomic mass is 10.1. The summed E-state index contributed by atoms with van der Waals surface area (Å²) < 4.78 is 0. The molecule has 0 aliphatic heterocycles. The number of aromatic nitrogens is 2. The number of aromatic carboxylic acids is 1. The lowest BCUT2D eigenvalue weighted by molar-refractivity contribution is 0.0690. The van der Waals surface area contributed by atoms with Crippen molar-refractivity contribution in [2.75, 3.05) is 5.32 Å². The summed E-state index contributed by atoms with van der Waals surface area (Å²) in [4.78, 5) is 22.7. The summed E-state index contributed by atoms with van der Waals surface area (Å²) in [7, 11) is 0. The van der Waals surface area contributed by atoms with E-state index in [0.717, 1.165) is 0 Å². The number of amides is 1. The van der Waals surface area contributed by atoms with Gasteiger partial charge in [-0.2, -0.15) is 5.10 Å². The van der Waals surface area contributed by atoms with Gasteiger partial charge in [-0.3, -0.25) is 9.89 Å². The van der Waals surface area contributed by atoms with Crippen LogP contribution in [0.2, 0.25) is 5.02 Å². The van der Waals surface area contributed by atoms with E-state index in [1.807, 2.05) is 0 Å². The van der Waals surface area contributed by atoms with Gasteiger partial charge in [0.25, 0.3) is 5.91 Å². The molecule has 6 nitrogen and oxygen atoms in total. The molecule has 19 heavy (non-hydrogen) atoms. The fraction of sp³-hybridized carbons (Fsp3) is 0.0833. The third-order valence-electron chi connectivity index (χ3n) is 2.56. The second kappa shape index (κ2) is 5.11. The molecule has 0 fully saturated rings. The van der Waals surface area contributed by atoms with Crippen LogP contribution in [-0.4, -0.2) is 27.2 Å². The smallest absolute Gasteiger partial charge is 0.353 e. The van der Waals surface area contributed by atoms with E-state index in [2.05, 4.69) is 15.5 Å². The highest BCUT2D eigenvalue weighted by atomic mass is 35.5. The summed E-state index contributed by atoms with van der Waals surface area (Å²) in [5.74, 6) is -1.41. The number of hydrogen-bond acceptors (Lipinski definition) is 3. The first-order chi connectivity index (χ1) is 8.99. The number of rotatable bonds is 3. The largest absolute Gasteiger partial charge is 0.477 e. The molecular formula is C12H10ClN3O3. The van der Waals surface area contributed by atoms with Crippen LogP contribution in [0.25, 0.3) is 0 Å². The molecule has 0 spiro atoms. The van der Waals surface area contributed by atoms with Crippen molar-refractivity contribution in [1.82, 2.24) is 10.2 Å². The standard InChI is InChI=1S/C12H10ClN3O3/c1-6-7(3-2-4-8(6)13)11(17)14-10-5-9(12(18)19)15-16-10/h2-5H,1H3,(H,18,19)(H2,14,15,16,17). The van der Waals surface area contributed by atoms with Crippen LogP contribution in [0.15, 0.2) is 24.3 Å². The summed E-state index contributed by atoms with van der Waals surface area (Å²) in [6.07, 6.45) is 0. The predicted octanol–water partition coefficient (Wildman–Crippen LogP) is 2.32. The van der Waals surface area contributed by atoms with Gasteiger partial charge in [0, 0.05) is 16.7 Å². The lowest BCUT2D eigenvalue weighted by Crippen LogP contribution is -2.13. The molecule has 98 valence electrons. The number of carbonyl (C=O) groups excluding carboxylic acids is 1. The number of carboxylic acids is 1. The van der Waals surface area contributed by atoms with Crippen molar-refractivity contribution in [1.29, 1.82) is 0 Å². The minimum Gasteiger partial charge on any atom is -0.477 e. The molecule has 0 aliphatic rings. The third-order valence-corrected chi connectivity index (χ3v) is 2.97. The lowest BCUT2D eigenvalue weighted by Gasteiger charge is -2.06. The van der Waals surface area contributed by atoms with Gasteiger partial charge < -0.3 is 10.4 Å². The topological polar surface area (TPSA) is 95.1 Å². The first-order valence-corrected chi connectivity index (χ1v) is 5.72. The zero-order valence-electron chi connectivity index (χ0n) is 9.90. The van der Waals surface area contributed by atoms with Crippen LogP contribution in [0, 0.1) is 6.92 Å². The van der Waals surface area contributed by atoms with Crippen LogP contribution in [0.1, 0.15) is 26.4 Å². The number of carbonyl (C=O) groups is 2. The Kier molecular flexibility index (Phi) is 3.52. The molecule has 3 N–H and O–H groups in total. The number of benzene rings is 1. The Morgan fingerprint density at radius 1 is 1.42 bits per heavy atom. The Morgan fingerprint density at radius 3 is 2.79 bits per heavy atom. The van der Waals surface area contributed by atoms with E-state index >= 15 is 0 Å². The van der Waals surface area contributed by atoms with Crippen LogP contribution in [0.4, 0.5) is 5.82 Å². The molecule has 1 heterocycles. The SMILES string of the molecule is Cc1c(Cl)cccc1C(=O)Nc1cc(C(=O)O)[nH]n1. The van der Waals surface area contributed by atoms with Gasteiger partial charge in [0.05, 0.1) is 0 Å². The average molecular weight is 280 g/mol.